The Labute approximate surface area is 142 Å². The van der Waals surface area contributed by atoms with Gasteiger partial charge in [0.05, 0.1) is 0 Å². The van der Waals surface area contributed by atoms with Gasteiger partial charge < -0.3 is 16.0 Å². The minimum atomic E-state index is 0. The number of piperazine rings is 1. The number of hydrogen-bond acceptors (Lipinski definition) is 3. The van der Waals surface area contributed by atoms with E-state index < -0.39 is 0 Å². The highest BCUT2D eigenvalue weighted by Gasteiger charge is 2.14. The standard InChI is InChI=1S/C15H31N3O.2ClH/c16-10-8-6-4-2-1-3-5-7-9-15(19)18-13-11-17-12-14-18;;/h17H,1-14,16H2;2*1H. The van der Waals surface area contributed by atoms with Crippen molar-refractivity contribution >= 4 is 30.7 Å². The van der Waals surface area contributed by atoms with Gasteiger partial charge in [-0.3, -0.25) is 4.79 Å². The molecule has 1 aliphatic rings. The number of nitrogens with two attached hydrogens (primary N) is 1. The fraction of sp³-hybridized carbons (Fsp3) is 0.933. The smallest absolute Gasteiger partial charge is 0.222 e. The molecular formula is C15H33Cl2N3O. The fourth-order valence-corrected chi connectivity index (χ4v) is 2.55. The van der Waals surface area contributed by atoms with Crippen molar-refractivity contribution < 1.29 is 4.79 Å². The van der Waals surface area contributed by atoms with Gasteiger partial charge >= 0.3 is 0 Å². The number of halogens is 2. The van der Waals surface area contributed by atoms with Crippen molar-refractivity contribution in [2.24, 2.45) is 5.73 Å². The zero-order chi connectivity index (χ0) is 13.8. The lowest BCUT2D eigenvalue weighted by Gasteiger charge is -2.27. The second kappa shape index (κ2) is 16.3. The molecule has 4 nitrogen and oxygen atoms in total. The first-order valence-electron chi connectivity index (χ1n) is 8.03. The van der Waals surface area contributed by atoms with E-state index in [2.05, 4.69) is 5.32 Å². The average molecular weight is 342 g/mol. The van der Waals surface area contributed by atoms with Crippen molar-refractivity contribution in [1.82, 2.24) is 10.2 Å². The predicted molar refractivity (Wildman–Crippen MR) is 94.6 cm³/mol. The molecular weight excluding hydrogens is 309 g/mol. The molecule has 0 radical (unpaired) electrons. The van der Waals surface area contributed by atoms with E-state index in [1.807, 2.05) is 4.90 Å². The highest BCUT2D eigenvalue weighted by molar-refractivity contribution is 5.85. The Hall–Kier alpha value is -0.0300. The lowest BCUT2D eigenvalue weighted by Crippen LogP contribution is -2.46. The summed E-state index contributed by atoms with van der Waals surface area (Å²) in [7, 11) is 0. The van der Waals surface area contributed by atoms with Gasteiger partial charge in [-0.05, 0) is 19.4 Å². The van der Waals surface area contributed by atoms with Crippen LogP contribution in [0.4, 0.5) is 0 Å². The lowest BCUT2D eigenvalue weighted by atomic mass is 10.1. The summed E-state index contributed by atoms with van der Waals surface area (Å²) in [5.41, 5.74) is 5.46. The first-order chi connectivity index (χ1) is 9.34. The van der Waals surface area contributed by atoms with Gasteiger partial charge in [0.25, 0.3) is 0 Å². The molecule has 1 saturated heterocycles. The molecule has 0 aromatic heterocycles. The van der Waals surface area contributed by atoms with Crippen molar-refractivity contribution in [3.05, 3.63) is 0 Å². The Balaban J connectivity index is 0. The molecule has 1 fully saturated rings. The van der Waals surface area contributed by atoms with Crippen molar-refractivity contribution in [1.29, 1.82) is 0 Å². The summed E-state index contributed by atoms with van der Waals surface area (Å²) in [5.74, 6) is 0.351. The molecule has 3 N–H and O–H groups in total. The first-order valence-corrected chi connectivity index (χ1v) is 8.03. The monoisotopic (exact) mass is 341 g/mol. The van der Waals surface area contributed by atoms with E-state index in [1.54, 1.807) is 0 Å². The van der Waals surface area contributed by atoms with Gasteiger partial charge in [0, 0.05) is 32.6 Å². The van der Waals surface area contributed by atoms with Gasteiger partial charge in [0.2, 0.25) is 5.91 Å². The Morgan fingerprint density at radius 1 is 0.857 bits per heavy atom. The maximum absolute atomic E-state index is 11.9. The van der Waals surface area contributed by atoms with Crippen LogP contribution in [0, 0.1) is 0 Å². The van der Waals surface area contributed by atoms with Crippen molar-refractivity contribution in [3.63, 3.8) is 0 Å². The molecule has 21 heavy (non-hydrogen) atoms. The van der Waals surface area contributed by atoms with Crippen LogP contribution in [0.2, 0.25) is 0 Å². The molecule has 1 heterocycles. The van der Waals surface area contributed by atoms with Gasteiger partial charge in [0.15, 0.2) is 0 Å². The number of rotatable bonds is 10. The van der Waals surface area contributed by atoms with E-state index in [-0.39, 0.29) is 24.8 Å². The highest BCUT2D eigenvalue weighted by atomic mass is 35.5. The number of carbonyl (C=O) groups is 1. The van der Waals surface area contributed by atoms with Gasteiger partial charge in [-0.1, -0.05) is 38.5 Å². The van der Waals surface area contributed by atoms with Gasteiger partial charge in [0.1, 0.15) is 0 Å². The number of unbranched alkanes of at least 4 members (excludes halogenated alkanes) is 7. The van der Waals surface area contributed by atoms with Crippen molar-refractivity contribution in [3.8, 4) is 0 Å². The fourth-order valence-electron chi connectivity index (χ4n) is 2.55. The quantitative estimate of drug-likeness (QED) is 0.600. The SMILES string of the molecule is Cl.Cl.NCCCCCCCCCCC(=O)N1CCNCC1. The number of hydrogen-bond donors (Lipinski definition) is 2. The third kappa shape index (κ3) is 12.2. The van der Waals surface area contributed by atoms with Crippen molar-refractivity contribution in [2.75, 3.05) is 32.7 Å². The van der Waals surface area contributed by atoms with E-state index in [9.17, 15) is 4.79 Å². The summed E-state index contributed by atoms with van der Waals surface area (Å²) in [4.78, 5) is 13.9. The Morgan fingerprint density at radius 2 is 1.33 bits per heavy atom. The largest absolute Gasteiger partial charge is 0.340 e. The summed E-state index contributed by atoms with van der Waals surface area (Å²) in [5, 5.41) is 3.27. The minimum absolute atomic E-state index is 0. The lowest BCUT2D eigenvalue weighted by molar-refractivity contribution is -0.131. The third-order valence-corrected chi connectivity index (χ3v) is 3.81. The van der Waals surface area contributed by atoms with E-state index >= 15 is 0 Å². The van der Waals surface area contributed by atoms with Crippen LogP contribution in [-0.2, 0) is 4.79 Å². The third-order valence-electron chi connectivity index (χ3n) is 3.81. The Morgan fingerprint density at radius 3 is 1.86 bits per heavy atom. The second-order valence-corrected chi connectivity index (χ2v) is 5.50. The van der Waals surface area contributed by atoms with Gasteiger partial charge in [-0.2, -0.15) is 0 Å². The van der Waals surface area contributed by atoms with Crippen LogP contribution in [0.1, 0.15) is 57.8 Å². The number of nitrogens with zero attached hydrogens (tertiary/aromatic N) is 1. The van der Waals surface area contributed by atoms with E-state index in [0.717, 1.165) is 45.6 Å². The Bertz CT molecular complexity index is 237. The first kappa shape index (κ1) is 23.2. The maximum Gasteiger partial charge on any atom is 0.222 e. The molecule has 0 aromatic rings. The molecule has 0 atom stereocenters. The van der Waals surface area contributed by atoms with E-state index in [1.165, 1.54) is 44.9 Å². The molecule has 0 spiro atoms. The molecule has 1 aliphatic heterocycles. The molecule has 0 aliphatic carbocycles. The van der Waals surface area contributed by atoms with E-state index in [4.69, 9.17) is 5.73 Å². The summed E-state index contributed by atoms with van der Waals surface area (Å²) < 4.78 is 0. The van der Waals surface area contributed by atoms with Crippen LogP contribution in [0.5, 0.6) is 0 Å². The molecule has 0 unspecified atom stereocenters. The summed E-state index contributed by atoms with van der Waals surface area (Å²) in [6.45, 7) is 4.51. The molecule has 1 amide bonds. The predicted octanol–water partition coefficient (Wildman–Crippen LogP) is 2.73. The van der Waals surface area contributed by atoms with Crippen LogP contribution >= 0.6 is 24.8 Å². The molecule has 0 aromatic carbocycles. The van der Waals surface area contributed by atoms with Gasteiger partial charge in [-0.25, -0.2) is 0 Å². The summed E-state index contributed by atoms with van der Waals surface area (Å²) >= 11 is 0. The van der Waals surface area contributed by atoms with Gasteiger partial charge in [-0.15, -0.1) is 24.8 Å². The second-order valence-electron chi connectivity index (χ2n) is 5.50. The molecule has 0 saturated carbocycles. The normalized spacial score (nSPS) is 14.2. The highest BCUT2D eigenvalue weighted by Crippen LogP contribution is 2.10. The van der Waals surface area contributed by atoms with Crippen LogP contribution in [0.15, 0.2) is 0 Å². The Kier molecular flexibility index (Phi) is 18.1. The number of amides is 1. The molecule has 6 heteroatoms. The summed E-state index contributed by atoms with van der Waals surface area (Å²) in [6, 6.07) is 0. The molecule has 128 valence electrons. The summed E-state index contributed by atoms with van der Waals surface area (Å²) in [6.07, 6.45) is 10.7. The van der Waals surface area contributed by atoms with Crippen LogP contribution in [0.3, 0.4) is 0 Å². The topological polar surface area (TPSA) is 58.4 Å². The number of carbonyl (C=O) groups excluding carboxylic acids is 1. The maximum atomic E-state index is 11.9. The zero-order valence-electron chi connectivity index (χ0n) is 13.1. The van der Waals surface area contributed by atoms with Crippen LogP contribution in [0.25, 0.3) is 0 Å². The number of nitrogens with one attached hydrogen (secondary N) is 1. The molecule has 0 bridgehead atoms. The van der Waals surface area contributed by atoms with Crippen LogP contribution < -0.4 is 11.1 Å². The minimum Gasteiger partial charge on any atom is -0.340 e. The van der Waals surface area contributed by atoms with Crippen LogP contribution in [-0.4, -0.2) is 43.5 Å². The molecule has 1 rings (SSSR count). The van der Waals surface area contributed by atoms with Crippen molar-refractivity contribution in [2.45, 2.75) is 57.8 Å². The average Bonchev–Trinajstić information content (AvgIpc) is 2.46. The van der Waals surface area contributed by atoms with E-state index in [0.29, 0.717) is 5.91 Å². The zero-order valence-corrected chi connectivity index (χ0v) is 14.8.